The van der Waals surface area contributed by atoms with Crippen molar-refractivity contribution in [2.45, 2.75) is 55.9 Å². The van der Waals surface area contributed by atoms with Gasteiger partial charge in [0.25, 0.3) is 15.9 Å². The number of anilines is 1. The van der Waals surface area contributed by atoms with Crippen molar-refractivity contribution < 1.29 is 31.5 Å². The van der Waals surface area contributed by atoms with Crippen LogP contribution in [0.2, 0.25) is 0 Å². The van der Waals surface area contributed by atoms with Crippen LogP contribution in [0.3, 0.4) is 0 Å². The Morgan fingerprint density at radius 2 is 2.00 bits per heavy atom. The van der Waals surface area contributed by atoms with Gasteiger partial charge in [-0.1, -0.05) is 6.92 Å². The molecule has 0 unspecified atom stereocenters. The average molecular weight is 402 g/mol. The van der Waals surface area contributed by atoms with Crippen molar-refractivity contribution in [3.05, 3.63) is 18.2 Å². The fraction of sp³-hybridized carbons (Fsp3) is 0.529. The van der Waals surface area contributed by atoms with Crippen LogP contribution in [0.5, 0.6) is 5.75 Å². The minimum atomic E-state index is -4.20. The summed E-state index contributed by atoms with van der Waals surface area (Å²) < 4.78 is 58.8. The Balaban J connectivity index is 1.73. The third-order valence-corrected chi connectivity index (χ3v) is 6.12. The molecule has 1 aliphatic heterocycles. The second-order valence-corrected chi connectivity index (χ2v) is 8.44. The molecule has 2 aliphatic rings. The highest BCUT2D eigenvalue weighted by molar-refractivity contribution is 7.90. The average Bonchev–Trinajstić information content (AvgIpc) is 2.60. The highest BCUT2D eigenvalue weighted by atomic mass is 32.2. The lowest BCUT2D eigenvalue weighted by Crippen LogP contribution is -2.39. The second-order valence-electron chi connectivity index (χ2n) is 6.76. The van der Waals surface area contributed by atoms with Crippen LogP contribution >= 0.6 is 0 Å². The molecule has 0 aromatic heterocycles. The number of amides is 2. The number of benzene rings is 1. The SMILES string of the molecule is CC[C@@H]1Oc2ccc(S(=O)(=O)NC(=O)C3CCC(F)(F)CC3)cc2NC1=O. The van der Waals surface area contributed by atoms with Gasteiger partial charge in [-0.25, -0.2) is 21.9 Å². The zero-order chi connectivity index (χ0) is 19.8. The third-order valence-electron chi connectivity index (χ3n) is 4.77. The molecule has 7 nitrogen and oxygen atoms in total. The van der Waals surface area contributed by atoms with Gasteiger partial charge in [0.2, 0.25) is 11.8 Å². The number of rotatable bonds is 4. The standard InChI is InChI=1S/C17H20F2N2O5S/c1-2-13-16(23)20-12-9-11(3-4-14(12)26-13)27(24,25)21-15(22)10-5-7-17(18,19)8-6-10/h3-4,9-10,13H,2,5-8H2,1H3,(H,20,23)(H,21,22)/t13-/m0/s1. The molecule has 1 heterocycles. The van der Waals surface area contributed by atoms with Gasteiger partial charge in [0.1, 0.15) is 5.75 Å². The van der Waals surface area contributed by atoms with Crippen LogP contribution < -0.4 is 14.8 Å². The van der Waals surface area contributed by atoms with Gasteiger partial charge in [-0.3, -0.25) is 9.59 Å². The van der Waals surface area contributed by atoms with Crippen LogP contribution in [0.4, 0.5) is 14.5 Å². The molecule has 1 aromatic rings. The number of hydrogen-bond donors (Lipinski definition) is 2. The summed E-state index contributed by atoms with van der Waals surface area (Å²) in [4.78, 5) is 23.8. The van der Waals surface area contributed by atoms with Gasteiger partial charge in [0.05, 0.1) is 10.6 Å². The molecule has 0 spiro atoms. The Labute approximate surface area is 155 Å². The highest BCUT2D eigenvalue weighted by Crippen LogP contribution is 2.36. The number of halogens is 2. The van der Waals surface area contributed by atoms with E-state index in [0.717, 1.165) is 0 Å². The summed E-state index contributed by atoms with van der Waals surface area (Å²) in [5, 5.41) is 2.57. The van der Waals surface area contributed by atoms with Gasteiger partial charge in [0, 0.05) is 18.8 Å². The first-order chi connectivity index (χ1) is 12.6. The molecule has 10 heteroatoms. The maximum absolute atomic E-state index is 13.2. The van der Waals surface area contributed by atoms with Crippen molar-refractivity contribution in [1.82, 2.24) is 4.72 Å². The summed E-state index contributed by atoms with van der Waals surface area (Å²) in [6.45, 7) is 1.78. The first-order valence-electron chi connectivity index (χ1n) is 8.67. The van der Waals surface area contributed by atoms with Gasteiger partial charge in [-0.15, -0.1) is 0 Å². The molecular formula is C17H20F2N2O5S. The summed E-state index contributed by atoms with van der Waals surface area (Å²) in [6.07, 6.45) is -1.20. The van der Waals surface area contributed by atoms with Crippen LogP contribution in [0, 0.1) is 5.92 Å². The lowest BCUT2D eigenvalue weighted by atomic mass is 9.86. The molecular weight excluding hydrogens is 382 g/mol. The first-order valence-corrected chi connectivity index (χ1v) is 10.2. The van der Waals surface area contributed by atoms with Crippen molar-refractivity contribution in [3.63, 3.8) is 0 Å². The molecule has 2 amide bonds. The second kappa shape index (κ2) is 7.06. The van der Waals surface area contributed by atoms with Crippen molar-refractivity contribution in [3.8, 4) is 5.75 Å². The van der Waals surface area contributed by atoms with Crippen LogP contribution in [-0.4, -0.2) is 32.3 Å². The molecule has 1 aliphatic carbocycles. The highest BCUT2D eigenvalue weighted by Gasteiger charge is 2.38. The molecule has 0 radical (unpaired) electrons. The summed E-state index contributed by atoms with van der Waals surface area (Å²) in [6, 6.07) is 3.86. The number of hydrogen-bond acceptors (Lipinski definition) is 5. The Morgan fingerprint density at radius 3 is 2.63 bits per heavy atom. The van der Waals surface area contributed by atoms with Gasteiger partial charge in [-0.05, 0) is 37.5 Å². The van der Waals surface area contributed by atoms with Crippen molar-refractivity contribution in [1.29, 1.82) is 0 Å². The van der Waals surface area contributed by atoms with Gasteiger partial charge in [-0.2, -0.15) is 0 Å². The van der Waals surface area contributed by atoms with Crippen molar-refractivity contribution in [2.24, 2.45) is 5.92 Å². The molecule has 2 N–H and O–H groups in total. The zero-order valence-corrected chi connectivity index (χ0v) is 15.4. The number of ether oxygens (including phenoxy) is 1. The summed E-state index contributed by atoms with van der Waals surface area (Å²) >= 11 is 0. The summed E-state index contributed by atoms with van der Waals surface area (Å²) in [5.41, 5.74) is 0.192. The van der Waals surface area contributed by atoms with Crippen LogP contribution in [0.1, 0.15) is 39.0 Å². The molecule has 3 rings (SSSR count). The predicted octanol–water partition coefficient (Wildman–Crippen LogP) is 2.43. The van der Waals surface area contributed by atoms with E-state index < -0.39 is 46.7 Å². The molecule has 1 atom stereocenters. The number of carbonyl (C=O) groups excluding carboxylic acids is 2. The number of nitrogens with one attached hydrogen (secondary N) is 2. The predicted molar refractivity (Wildman–Crippen MR) is 92.0 cm³/mol. The Kier molecular flexibility index (Phi) is 5.11. The quantitative estimate of drug-likeness (QED) is 0.805. The van der Waals surface area contributed by atoms with E-state index in [0.29, 0.717) is 12.2 Å². The maximum atomic E-state index is 13.2. The Bertz CT molecular complexity index is 862. The fourth-order valence-electron chi connectivity index (χ4n) is 3.14. The monoisotopic (exact) mass is 402 g/mol. The number of carbonyl (C=O) groups is 2. The van der Waals surface area contributed by atoms with E-state index in [2.05, 4.69) is 5.32 Å². The minimum Gasteiger partial charge on any atom is -0.478 e. The largest absolute Gasteiger partial charge is 0.478 e. The van der Waals surface area contributed by atoms with Crippen molar-refractivity contribution >= 4 is 27.5 Å². The zero-order valence-electron chi connectivity index (χ0n) is 14.6. The van der Waals surface area contributed by atoms with Crippen LogP contribution in [-0.2, 0) is 19.6 Å². The van der Waals surface area contributed by atoms with Crippen LogP contribution in [0.25, 0.3) is 0 Å². The van der Waals surface area contributed by atoms with E-state index in [1.807, 2.05) is 4.72 Å². The Hall–Kier alpha value is -2.23. The fourth-order valence-corrected chi connectivity index (χ4v) is 4.21. The van der Waals surface area contributed by atoms with Gasteiger partial charge >= 0.3 is 0 Å². The lowest BCUT2D eigenvalue weighted by Gasteiger charge is -2.27. The summed E-state index contributed by atoms with van der Waals surface area (Å²) in [7, 11) is -4.20. The van der Waals surface area contributed by atoms with Crippen molar-refractivity contribution in [2.75, 3.05) is 5.32 Å². The molecule has 0 bridgehead atoms. The molecule has 0 saturated heterocycles. The molecule has 27 heavy (non-hydrogen) atoms. The normalized spacial score (nSPS) is 22.3. The minimum absolute atomic E-state index is 0.0686. The molecule has 148 valence electrons. The van der Waals surface area contributed by atoms with Gasteiger partial charge < -0.3 is 10.1 Å². The van der Waals surface area contributed by atoms with E-state index >= 15 is 0 Å². The molecule has 1 saturated carbocycles. The maximum Gasteiger partial charge on any atom is 0.265 e. The van der Waals surface area contributed by atoms with E-state index in [1.165, 1.54) is 18.2 Å². The lowest BCUT2D eigenvalue weighted by molar-refractivity contribution is -0.127. The smallest absolute Gasteiger partial charge is 0.265 e. The van der Waals surface area contributed by atoms with Crippen LogP contribution in [0.15, 0.2) is 23.1 Å². The third kappa shape index (κ3) is 4.20. The first kappa shape index (κ1) is 19.5. The topological polar surface area (TPSA) is 102 Å². The number of fused-ring (bicyclic) bond motifs is 1. The van der Waals surface area contributed by atoms with E-state index in [9.17, 15) is 26.8 Å². The Morgan fingerprint density at radius 1 is 1.33 bits per heavy atom. The van der Waals surface area contributed by atoms with E-state index in [-0.39, 0.29) is 29.3 Å². The number of alkyl halides is 2. The number of sulfonamides is 1. The van der Waals surface area contributed by atoms with Gasteiger partial charge in [0.15, 0.2) is 6.10 Å². The van der Waals surface area contributed by atoms with E-state index in [4.69, 9.17) is 4.74 Å². The molecule has 1 aromatic carbocycles. The summed E-state index contributed by atoms with van der Waals surface area (Å²) in [5.74, 6) is -4.42. The van der Waals surface area contributed by atoms with E-state index in [1.54, 1.807) is 6.92 Å². The molecule has 1 fully saturated rings.